The molecule has 3 aromatic rings. The maximum absolute atomic E-state index is 14.4. The summed E-state index contributed by atoms with van der Waals surface area (Å²) in [6.07, 6.45) is 1.84. The number of rotatable bonds is 3. The van der Waals surface area contributed by atoms with Gasteiger partial charge in [-0.15, -0.1) is 11.3 Å². The van der Waals surface area contributed by atoms with Gasteiger partial charge in [-0.2, -0.15) is 0 Å². The van der Waals surface area contributed by atoms with Gasteiger partial charge in [0.05, 0.1) is 17.2 Å². The summed E-state index contributed by atoms with van der Waals surface area (Å²) < 4.78 is 14.4. The van der Waals surface area contributed by atoms with Crippen LogP contribution in [0.4, 0.5) is 4.39 Å². The molecule has 0 amide bonds. The molecule has 0 spiro atoms. The number of nitrogens with zero attached hydrogens (tertiary/aromatic N) is 4. The number of benzene rings is 1. The first kappa shape index (κ1) is 17.5. The van der Waals surface area contributed by atoms with Crippen molar-refractivity contribution in [2.24, 2.45) is 4.99 Å². The van der Waals surface area contributed by atoms with Crippen LogP contribution in [0.25, 0.3) is 11.3 Å². The molecule has 1 aromatic carbocycles. The van der Waals surface area contributed by atoms with E-state index in [0.29, 0.717) is 35.2 Å². The number of nitrogens with one attached hydrogen (secondary N) is 2. The van der Waals surface area contributed by atoms with Gasteiger partial charge in [-0.3, -0.25) is 5.41 Å². The molecule has 0 unspecified atom stereocenters. The zero-order valence-electron chi connectivity index (χ0n) is 15.1. The van der Waals surface area contributed by atoms with E-state index in [2.05, 4.69) is 24.8 Å². The average molecular weight is 382 g/mol. The van der Waals surface area contributed by atoms with E-state index in [1.54, 1.807) is 29.5 Å². The molecule has 2 aromatic heterocycles. The third-order valence-electron chi connectivity index (χ3n) is 4.50. The average Bonchev–Trinajstić information content (AvgIpc) is 3.21. The molecular formula is C19H19FN6S. The van der Waals surface area contributed by atoms with Gasteiger partial charge in [-0.25, -0.2) is 19.4 Å². The molecular weight excluding hydrogens is 363 g/mol. The van der Waals surface area contributed by atoms with Crippen LogP contribution < -0.4 is 0 Å². The van der Waals surface area contributed by atoms with Crippen LogP contribution in [0, 0.1) is 25.1 Å². The zero-order chi connectivity index (χ0) is 19.0. The summed E-state index contributed by atoms with van der Waals surface area (Å²) >= 11 is 1.68. The number of H-pyrrole nitrogens is 1. The van der Waals surface area contributed by atoms with Crippen molar-refractivity contribution in [3.8, 4) is 11.3 Å². The van der Waals surface area contributed by atoms with Gasteiger partial charge < -0.3 is 9.88 Å². The van der Waals surface area contributed by atoms with Crippen LogP contribution in [0.5, 0.6) is 0 Å². The molecule has 4 rings (SSSR count). The van der Waals surface area contributed by atoms with E-state index in [4.69, 9.17) is 5.41 Å². The van der Waals surface area contributed by atoms with E-state index < -0.39 is 0 Å². The highest BCUT2D eigenvalue weighted by molar-refractivity contribution is 7.11. The van der Waals surface area contributed by atoms with E-state index in [1.807, 2.05) is 13.8 Å². The molecule has 138 valence electrons. The molecule has 3 heterocycles. The largest absolute Gasteiger partial charge is 0.349 e. The number of amidine groups is 1. The lowest BCUT2D eigenvalue weighted by molar-refractivity contribution is 0.396. The van der Waals surface area contributed by atoms with Gasteiger partial charge in [-0.05, 0) is 26.0 Å². The van der Waals surface area contributed by atoms with Crippen molar-refractivity contribution in [3.05, 3.63) is 57.2 Å². The Morgan fingerprint density at radius 3 is 2.93 bits per heavy atom. The summed E-state index contributed by atoms with van der Waals surface area (Å²) in [4.78, 5) is 19.9. The third-order valence-corrected chi connectivity index (χ3v) is 5.50. The zero-order valence-corrected chi connectivity index (χ0v) is 15.9. The second-order valence-electron chi connectivity index (χ2n) is 6.38. The van der Waals surface area contributed by atoms with Gasteiger partial charge in [-0.1, -0.05) is 12.1 Å². The Bertz CT molecular complexity index is 1030. The lowest BCUT2D eigenvalue weighted by Crippen LogP contribution is -2.36. The van der Waals surface area contributed by atoms with Crippen molar-refractivity contribution >= 4 is 23.5 Å². The van der Waals surface area contributed by atoms with Crippen molar-refractivity contribution in [1.82, 2.24) is 19.9 Å². The van der Waals surface area contributed by atoms with Crippen molar-refractivity contribution in [2.45, 2.75) is 26.8 Å². The molecule has 0 saturated carbocycles. The minimum absolute atomic E-state index is 0.335. The Morgan fingerprint density at radius 1 is 1.33 bits per heavy atom. The van der Waals surface area contributed by atoms with Gasteiger partial charge >= 0.3 is 0 Å². The van der Waals surface area contributed by atoms with Crippen LogP contribution in [0.3, 0.4) is 0 Å². The van der Waals surface area contributed by atoms with E-state index in [1.165, 1.54) is 10.9 Å². The highest BCUT2D eigenvalue weighted by Crippen LogP contribution is 2.29. The van der Waals surface area contributed by atoms with Crippen molar-refractivity contribution in [3.63, 3.8) is 0 Å². The summed E-state index contributed by atoms with van der Waals surface area (Å²) in [5.74, 6) is 0.936. The normalized spacial score (nSPS) is 14.3. The van der Waals surface area contributed by atoms with Gasteiger partial charge in [0, 0.05) is 23.4 Å². The summed E-state index contributed by atoms with van der Waals surface area (Å²) in [6, 6.07) is 6.57. The standard InChI is InChI=1S/C19H19FN6S/c1-11-23-17(13-5-3-4-6-14(13)20)18(24-11)19(22-10-21)26-8-7-15-16(9-26)27-12(2)25-15/h3-6,10,21H,7-9H2,1-2H3,(H,23,24). The molecule has 0 aliphatic carbocycles. The SMILES string of the molecule is Cc1nc(-c2ccccc2F)c(C(=NC=N)N2CCc3nc(C)sc3C2)[nH]1. The number of aromatic amines is 1. The second-order valence-corrected chi connectivity index (χ2v) is 7.67. The lowest BCUT2D eigenvalue weighted by Gasteiger charge is -2.28. The fourth-order valence-electron chi connectivity index (χ4n) is 3.37. The molecule has 2 N–H and O–H groups in total. The van der Waals surface area contributed by atoms with Crippen molar-refractivity contribution in [2.75, 3.05) is 6.54 Å². The summed E-state index contributed by atoms with van der Waals surface area (Å²) in [5.41, 5.74) is 2.70. The van der Waals surface area contributed by atoms with E-state index in [0.717, 1.165) is 30.0 Å². The van der Waals surface area contributed by atoms with Crippen LogP contribution in [0.15, 0.2) is 29.3 Å². The molecule has 1 aliphatic rings. The van der Waals surface area contributed by atoms with E-state index in [9.17, 15) is 4.39 Å². The van der Waals surface area contributed by atoms with Crippen molar-refractivity contribution < 1.29 is 4.39 Å². The number of aliphatic imine (C=N–C) groups is 1. The number of hydrogen-bond donors (Lipinski definition) is 2. The first-order chi connectivity index (χ1) is 13.1. The molecule has 0 atom stereocenters. The molecule has 0 radical (unpaired) electrons. The van der Waals surface area contributed by atoms with Crippen LogP contribution in [-0.4, -0.2) is 38.6 Å². The number of halogens is 1. The summed E-state index contributed by atoms with van der Waals surface area (Å²) in [5, 5.41) is 8.57. The maximum Gasteiger partial charge on any atom is 0.156 e. The molecule has 0 bridgehead atoms. The number of thiazole rings is 1. The molecule has 8 heteroatoms. The fourth-order valence-corrected chi connectivity index (χ4v) is 4.37. The van der Waals surface area contributed by atoms with E-state index in [-0.39, 0.29) is 5.82 Å². The number of fused-ring (bicyclic) bond motifs is 1. The minimum Gasteiger partial charge on any atom is -0.349 e. The molecule has 27 heavy (non-hydrogen) atoms. The van der Waals surface area contributed by atoms with Gasteiger partial charge in [0.25, 0.3) is 0 Å². The Kier molecular flexibility index (Phi) is 4.57. The fraction of sp³-hybridized carbons (Fsp3) is 0.263. The quantitative estimate of drug-likeness (QED) is 0.535. The van der Waals surface area contributed by atoms with Gasteiger partial charge in [0.2, 0.25) is 0 Å². The summed E-state index contributed by atoms with van der Waals surface area (Å²) in [7, 11) is 0. The summed E-state index contributed by atoms with van der Waals surface area (Å²) in [6.45, 7) is 5.24. The van der Waals surface area contributed by atoms with Gasteiger partial charge in [0.1, 0.15) is 29.4 Å². The second kappa shape index (κ2) is 7.03. The molecule has 0 fully saturated rings. The van der Waals surface area contributed by atoms with Crippen LogP contribution in [0.2, 0.25) is 0 Å². The Balaban J connectivity index is 1.78. The molecule has 0 saturated heterocycles. The first-order valence-electron chi connectivity index (χ1n) is 8.65. The van der Waals surface area contributed by atoms with Crippen LogP contribution in [-0.2, 0) is 13.0 Å². The predicted octanol–water partition coefficient (Wildman–Crippen LogP) is 3.70. The Labute approximate surface area is 160 Å². The molecule has 6 nitrogen and oxygen atoms in total. The minimum atomic E-state index is -0.335. The topological polar surface area (TPSA) is 81.0 Å². The maximum atomic E-state index is 14.4. The van der Waals surface area contributed by atoms with Crippen LogP contribution >= 0.6 is 11.3 Å². The molecule has 1 aliphatic heterocycles. The van der Waals surface area contributed by atoms with Crippen molar-refractivity contribution in [1.29, 1.82) is 5.41 Å². The third kappa shape index (κ3) is 3.28. The first-order valence-corrected chi connectivity index (χ1v) is 9.47. The lowest BCUT2D eigenvalue weighted by atomic mass is 10.1. The number of aryl methyl sites for hydroxylation is 2. The van der Waals surface area contributed by atoms with Gasteiger partial charge in [0.15, 0.2) is 5.84 Å². The van der Waals surface area contributed by atoms with Crippen LogP contribution in [0.1, 0.15) is 27.1 Å². The highest BCUT2D eigenvalue weighted by Gasteiger charge is 2.27. The predicted molar refractivity (Wildman–Crippen MR) is 105 cm³/mol. The Morgan fingerprint density at radius 2 is 2.15 bits per heavy atom. The smallest absolute Gasteiger partial charge is 0.156 e. The highest BCUT2D eigenvalue weighted by atomic mass is 32.1. The monoisotopic (exact) mass is 382 g/mol. The Hall–Kier alpha value is -2.87. The number of hydrogen-bond acceptors (Lipinski definition) is 4. The number of aromatic nitrogens is 3. The number of imidazole rings is 1. The van der Waals surface area contributed by atoms with E-state index >= 15 is 0 Å².